The number of carbonyl (C=O) groups is 3. The topological polar surface area (TPSA) is 153 Å². The first-order valence-electron chi connectivity index (χ1n) is 15.3. The molecule has 13 nitrogen and oxygen atoms in total. The summed E-state index contributed by atoms with van der Waals surface area (Å²) in [5.74, 6) is -0.851. The maximum atomic E-state index is 14.1. The molecule has 1 aromatic heterocycles. The fourth-order valence-electron chi connectivity index (χ4n) is 6.84. The standard InChI is InChI=1S/C30H38N8O5S/c1-42-16-15-36-11-13-37(14-12-36)29-32-23(19-44-29)20-5-7-21(8-6-20)27(40)33-30(9-3-2-4-10-30)28(41)38-17-22(34-35-31)26-25(38)24(39)18-43-26/h5-8,19,22,25-26H,2-4,9-18H2,1H3,(H,33,40)/t22-,25+,26+/m0/s1. The van der Waals surface area contributed by atoms with Gasteiger partial charge in [0.1, 0.15) is 18.2 Å². The Morgan fingerprint density at radius 3 is 2.64 bits per heavy atom. The van der Waals surface area contributed by atoms with E-state index in [0.29, 0.717) is 18.4 Å². The number of methoxy groups -OCH3 is 1. The lowest BCUT2D eigenvalue weighted by Gasteiger charge is -2.40. The fourth-order valence-corrected chi connectivity index (χ4v) is 7.73. The first kappa shape index (κ1) is 30.5. The van der Waals surface area contributed by atoms with Gasteiger partial charge in [-0.15, -0.1) is 11.3 Å². The smallest absolute Gasteiger partial charge is 0.252 e. The summed E-state index contributed by atoms with van der Waals surface area (Å²) >= 11 is 1.62. The van der Waals surface area contributed by atoms with Crippen molar-refractivity contribution in [3.8, 4) is 11.3 Å². The molecule has 1 N–H and O–H groups in total. The SMILES string of the molecule is COCCN1CCN(c2nc(-c3ccc(C(=O)NC4(C(=O)N5C[C@H](N=[N+]=[N-])[C@H]6OCC(=O)[C@H]65)CCCCC4)cc3)cs2)CC1. The van der Waals surface area contributed by atoms with Gasteiger partial charge >= 0.3 is 0 Å². The quantitative estimate of drug-likeness (QED) is 0.255. The van der Waals surface area contributed by atoms with E-state index < -0.39 is 23.7 Å². The number of amides is 2. The van der Waals surface area contributed by atoms with Crippen molar-refractivity contribution >= 4 is 34.1 Å². The van der Waals surface area contributed by atoms with Gasteiger partial charge in [0.2, 0.25) is 5.91 Å². The Morgan fingerprint density at radius 1 is 1.18 bits per heavy atom. The van der Waals surface area contributed by atoms with Crippen molar-refractivity contribution in [3.63, 3.8) is 0 Å². The molecule has 6 rings (SSSR count). The molecule has 3 saturated heterocycles. The second kappa shape index (κ2) is 13.2. The Balaban J connectivity index is 1.13. The molecule has 3 atom stereocenters. The number of fused-ring (bicyclic) bond motifs is 1. The van der Waals surface area contributed by atoms with Crippen molar-refractivity contribution in [3.05, 3.63) is 45.7 Å². The van der Waals surface area contributed by atoms with Gasteiger partial charge in [-0.1, -0.05) is 36.5 Å². The Kier molecular flexibility index (Phi) is 9.15. The van der Waals surface area contributed by atoms with Crippen LogP contribution < -0.4 is 10.2 Å². The number of piperazine rings is 1. The summed E-state index contributed by atoms with van der Waals surface area (Å²) in [4.78, 5) is 54.3. The van der Waals surface area contributed by atoms with E-state index in [1.807, 2.05) is 17.5 Å². The average Bonchev–Trinajstić information content (AvgIpc) is 3.78. The van der Waals surface area contributed by atoms with E-state index >= 15 is 0 Å². The number of rotatable bonds is 9. The maximum Gasteiger partial charge on any atom is 0.252 e. The normalized spacial score (nSPS) is 25.0. The molecule has 4 aliphatic rings. The molecule has 1 aromatic carbocycles. The van der Waals surface area contributed by atoms with Crippen LogP contribution in [0.4, 0.5) is 5.13 Å². The van der Waals surface area contributed by atoms with Gasteiger partial charge in [-0.05, 0) is 30.5 Å². The van der Waals surface area contributed by atoms with E-state index in [0.717, 1.165) is 75.0 Å². The number of anilines is 1. The summed E-state index contributed by atoms with van der Waals surface area (Å²) in [6.45, 7) is 5.44. The summed E-state index contributed by atoms with van der Waals surface area (Å²) in [5, 5.41) is 9.89. The monoisotopic (exact) mass is 622 g/mol. The number of hydrogen-bond donors (Lipinski definition) is 1. The predicted molar refractivity (Wildman–Crippen MR) is 165 cm³/mol. The van der Waals surface area contributed by atoms with Gasteiger partial charge in [-0.2, -0.15) is 0 Å². The van der Waals surface area contributed by atoms with Gasteiger partial charge in [-0.3, -0.25) is 19.3 Å². The molecule has 14 heteroatoms. The average molecular weight is 623 g/mol. The van der Waals surface area contributed by atoms with Crippen molar-refractivity contribution in [2.75, 3.05) is 64.5 Å². The van der Waals surface area contributed by atoms with E-state index in [4.69, 9.17) is 20.0 Å². The second-order valence-corrected chi connectivity index (χ2v) is 12.8. The number of aromatic nitrogens is 1. The molecule has 0 bridgehead atoms. The lowest BCUT2D eigenvalue weighted by Crippen LogP contribution is -2.62. The predicted octanol–water partition coefficient (Wildman–Crippen LogP) is 2.87. The highest BCUT2D eigenvalue weighted by Crippen LogP contribution is 2.36. The molecule has 4 heterocycles. The minimum atomic E-state index is -1.13. The summed E-state index contributed by atoms with van der Waals surface area (Å²) < 4.78 is 10.8. The summed E-state index contributed by atoms with van der Waals surface area (Å²) in [6.07, 6.45) is 2.84. The minimum absolute atomic E-state index is 0.0927. The zero-order valence-electron chi connectivity index (χ0n) is 24.9. The number of nitrogens with zero attached hydrogens (tertiary/aromatic N) is 7. The Hall–Kier alpha value is -3.55. The fraction of sp³-hybridized carbons (Fsp3) is 0.600. The number of azide groups is 1. The molecule has 234 valence electrons. The molecule has 3 aliphatic heterocycles. The minimum Gasteiger partial charge on any atom is -0.383 e. The molecule has 2 amide bonds. The third-order valence-electron chi connectivity index (χ3n) is 9.28. The first-order chi connectivity index (χ1) is 21.4. The Morgan fingerprint density at radius 2 is 1.93 bits per heavy atom. The first-order valence-corrected chi connectivity index (χ1v) is 16.1. The lowest BCUT2D eigenvalue weighted by atomic mass is 9.80. The van der Waals surface area contributed by atoms with Crippen LogP contribution in [0.1, 0.15) is 42.5 Å². The van der Waals surface area contributed by atoms with Gasteiger partial charge in [0.15, 0.2) is 10.9 Å². The molecule has 1 aliphatic carbocycles. The van der Waals surface area contributed by atoms with Crippen molar-refractivity contribution in [2.24, 2.45) is 5.11 Å². The summed E-state index contributed by atoms with van der Waals surface area (Å²) in [6, 6.07) is 5.86. The lowest BCUT2D eigenvalue weighted by molar-refractivity contribution is -0.143. The van der Waals surface area contributed by atoms with E-state index in [2.05, 4.69) is 25.1 Å². The number of thiazole rings is 1. The number of ketones is 1. The molecule has 0 radical (unpaired) electrons. The van der Waals surface area contributed by atoms with Crippen molar-refractivity contribution < 1.29 is 23.9 Å². The number of likely N-dealkylation sites (tertiary alicyclic amines) is 1. The van der Waals surface area contributed by atoms with Crippen molar-refractivity contribution in [1.82, 2.24) is 20.1 Å². The number of benzene rings is 1. The Labute approximate surface area is 260 Å². The molecular weight excluding hydrogens is 584 g/mol. The maximum absolute atomic E-state index is 14.1. The molecule has 0 spiro atoms. The van der Waals surface area contributed by atoms with Gasteiger partial charge in [0.25, 0.3) is 5.91 Å². The largest absolute Gasteiger partial charge is 0.383 e. The van der Waals surface area contributed by atoms with Gasteiger partial charge in [0.05, 0.1) is 24.4 Å². The summed E-state index contributed by atoms with van der Waals surface area (Å²) in [5.41, 5.74) is 10.1. The number of hydrogen-bond acceptors (Lipinski definition) is 10. The van der Waals surface area contributed by atoms with Crippen LogP contribution in [0, 0.1) is 0 Å². The van der Waals surface area contributed by atoms with Crippen LogP contribution in [0.3, 0.4) is 0 Å². The van der Waals surface area contributed by atoms with E-state index in [-0.39, 0.29) is 30.7 Å². The van der Waals surface area contributed by atoms with Crippen LogP contribution in [-0.4, -0.2) is 116 Å². The van der Waals surface area contributed by atoms with E-state index in [1.54, 1.807) is 30.6 Å². The molecule has 0 unspecified atom stereocenters. The second-order valence-electron chi connectivity index (χ2n) is 11.9. The molecule has 1 saturated carbocycles. The number of ether oxygens (including phenoxy) is 2. The van der Waals surface area contributed by atoms with Crippen molar-refractivity contribution in [2.45, 2.75) is 55.8 Å². The van der Waals surface area contributed by atoms with E-state index in [1.165, 1.54) is 4.90 Å². The molecule has 44 heavy (non-hydrogen) atoms. The third kappa shape index (κ3) is 6.04. The van der Waals surface area contributed by atoms with Crippen LogP contribution in [0.25, 0.3) is 21.7 Å². The van der Waals surface area contributed by atoms with Crippen LogP contribution >= 0.6 is 11.3 Å². The number of Topliss-reactive ketones (excluding diaryl/α,β-unsaturated/α-hetero) is 1. The van der Waals surface area contributed by atoms with Gasteiger partial charge < -0.3 is 24.6 Å². The zero-order chi connectivity index (χ0) is 30.7. The zero-order valence-corrected chi connectivity index (χ0v) is 25.7. The van der Waals surface area contributed by atoms with Crippen LogP contribution in [-0.2, 0) is 19.1 Å². The van der Waals surface area contributed by atoms with Crippen LogP contribution in [0.2, 0.25) is 0 Å². The molecular formula is C30H38N8O5S. The Bertz CT molecular complexity index is 1410. The molecule has 4 fully saturated rings. The number of carbonyl (C=O) groups excluding carboxylic acids is 3. The van der Waals surface area contributed by atoms with E-state index in [9.17, 15) is 14.4 Å². The summed E-state index contributed by atoms with van der Waals surface area (Å²) in [7, 11) is 1.73. The highest BCUT2D eigenvalue weighted by Gasteiger charge is 2.56. The van der Waals surface area contributed by atoms with Gasteiger partial charge in [0, 0.05) is 67.8 Å². The third-order valence-corrected chi connectivity index (χ3v) is 10.2. The van der Waals surface area contributed by atoms with Gasteiger partial charge in [-0.25, -0.2) is 4.98 Å². The number of nitrogens with one attached hydrogen (secondary N) is 1. The molecule has 2 aromatic rings. The highest BCUT2D eigenvalue weighted by atomic mass is 32.1. The van der Waals surface area contributed by atoms with Crippen LogP contribution in [0.5, 0.6) is 0 Å². The van der Waals surface area contributed by atoms with Crippen molar-refractivity contribution in [1.29, 1.82) is 0 Å². The van der Waals surface area contributed by atoms with Crippen LogP contribution in [0.15, 0.2) is 34.8 Å². The highest BCUT2D eigenvalue weighted by molar-refractivity contribution is 7.14.